The summed E-state index contributed by atoms with van der Waals surface area (Å²) in [6.07, 6.45) is 1.12. The van der Waals surface area contributed by atoms with Crippen molar-refractivity contribution in [2.45, 2.75) is 77.9 Å². The minimum absolute atomic E-state index is 0. The second-order valence-corrected chi connectivity index (χ2v) is 11.1. The molecule has 0 spiro atoms. The number of benzene rings is 3. The Morgan fingerprint density at radius 2 is 1.34 bits per heavy atom. The van der Waals surface area contributed by atoms with Gasteiger partial charge < -0.3 is 20.8 Å². The fourth-order valence-electron chi connectivity index (χ4n) is 3.87. The predicted molar refractivity (Wildman–Crippen MR) is 145 cm³/mol. The summed E-state index contributed by atoms with van der Waals surface area (Å²) in [5, 5.41) is 35.7. The van der Waals surface area contributed by atoms with Gasteiger partial charge in [-0.25, -0.2) is 0 Å². The van der Waals surface area contributed by atoms with Gasteiger partial charge in [-0.15, -0.1) is 6.61 Å². The summed E-state index contributed by atoms with van der Waals surface area (Å²) in [7, 11) is 0. The zero-order valence-electron chi connectivity index (χ0n) is 23.6. The molecule has 0 aliphatic rings. The number of aliphatic imine (C=N–C) groups is 1. The monoisotopic (exact) mass is 553 g/mol. The average Bonchev–Trinajstić information content (AvgIpc) is 2.82. The molecule has 0 bridgehead atoms. The standard InChI is InChI=1S/C30H36NO2.C2H5O.O.V/c1-29(2,3)24-18-23(27(32)25(19-24)30(4,5)6)20-31-26(17-21-13-9-7-10-14-21)28(33)22-15-11-8-12-16-22;1-2-3;;/h7-16,18-20,26,28,32H,17H2,1-6H3;2H2,1H3;;/q2*-1;-2;/p-1/t26-,28+;;;/m0.../s1. The van der Waals surface area contributed by atoms with Crippen molar-refractivity contribution in [1.82, 2.24) is 0 Å². The van der Waals surface area contributed by atoms with Gasteiger partial charge in [-0.1, -0.05) is 139 Å². The fraction of sp³-hybridized carbons (Fsp3) is 0.406. The van der Waals surface area contributed by atoms with Crippen LogP contribution >= 0.6 is 0 Å². The third-order valence-corrected chi connectivity index (χ3v) is 5.96. The van der Waals surface area contributed by atoms with Crippen LogP contribution in [0, 0.1) is 0 Å². The van der Waals surface area contributed by atoms with Crippen molar-refractivity contribution >= 4 is 6.21 Å². The molecule has 0 unspecified atom stereocenters. The molecule has 38 heavy (non-hydrogen) atoms. The minimum atomic E-state index is -1.02. The summed E-state index contributed by atoms with van der Waals surface area (Å²) in [5.74, 6) is -0.0140. The molecule has 3 aromatic rings. The van der Waals surface area contributed by atoms with Crippen LogP contribution in [0.1, 0.15) is 82.4 Å². The molecule has 0 saturated carbocycles. The molecule has 0 heterocycles. The van der Waals surface area contributed by atoms with E-state index in [1.165, 1.54) is 0 Å². The number of hydrogen-bond donors (Lipinski definition) is 0. The van der Waals surface area contributed by atoms with Gasteiger partial charge >= 0.3 is 0 Å². The topological polar surface area (TPSA) is 110 Å². The zero-order chi connectivity index (χ0) is 26.9. The van der Waals surface area contributed by atoms with Gasteiger partial charge in [0.15, 0.2) is 0 Å². The van der Waals surface area contributed by atoms with Crippen LogP contribution in [0.2, 0.25) is 0 Å². The van der Waals surface area contributed by atoms with E-state index >= 15 is 0 Å². The van der Waals surface area contributed by atoms with Crippen LogP contribution in [0.15, 0.2) is 77.8 Å². The van der Waals surface area contributed by atoms with Gasteiger partial charge in [0.2, 0.25) is 0 Å². The summed E-state index contributed by atoms with van der Waals surface area (Å²) >= 11 is 0. The molecule has 3 rings (SSSR count). The predicted octanol–water partition coefficient (Wildman–Crippen LogP) is 4.73. The molecule has 0 aliphatic carbocycles. The van der Waals surface area contributed by atoms with Gasteiger partial charge in [0.1, 0.15) is 0 Å². The molecule has 0 N–H and O–H groups in total. The Morgan fingerprint density at radius 3 is 1.82 bits per heavy atom. The fourth-order valence-corrected chi connectivity index (χ4v) is 3.87. The van der Waals surface area contributed by atoms with Crippen LogP contribution < -0.4 is 15.3 Å². The van der Waals surface area contributed by atoms with Gasteiger partial charge in [0.25, 0.3) is 0 Å². The molecule has 5 nitrogen and oxygen atoms in total. The Kier molecular flexibility index (Phi) is 14.9. The van der Waals surface area contributed by atoms with Crippen molar-refractivity contribution in [1.29, 1.82) is 0 Å². The molecule has 0 amide bonds. The van der Waals surface area contributed by atoms with Crippen molar-refractivity contribution < 1.29 is 39.4 Å². The van der Waals surface area contributed by atoms with Crippen molar-refractivity contribution in [3.05, 3.63) is 101 Å². The SMILES string of the molecule is CC(C)(C)c1cc(C=N[C@@H](Cc2ccccc2)[C@H]([O-])c2ccccc2)c([O-])c(C(C)(C)C)c1.CC[O-].[O-2].[V]. The van der Waals surface area contributed by atoms with Gasteiger partial charge in [-0.05, 0) is 39.5 Å². The molecule has 0 aliphatic heterocycles. The van der Waals surface area contributed by atoms with Crippen LogP contribution in [0.5, 0.6) is 5.75 Å². The summed E-state index contributed by atoms with van der Waals surface area (Å²) in [4.78, 5) is 4.74. The largest absolute Gasteiger partial charge is 2.00 e. The van der Waals surface area contributed by atoms with Crippen molar-refractivity contribution in [2.24, 2.45) is 4.99 Å². The molecule has 207 valence electrons. The van der Waals surface area contributed by atoms with E-state index in [1.54, 1.807) is 13.1 Å². The maximum atomic E-state index is 13.4. The first-order valence-electron chi connectivity index (χ1n) is 12.6. The van der Waals surface area contributed by atoms with E-state index in [9.17, 15) is 10.2 Å². The van der Waals surface area contributed by atoms with Crippen LogP contribution in [0.25, 0.3) is 0 Å². The Hall–Kier alpha value is -2.41. The maximum absolute atomic E-state index is 13.4. The van der Waals surface area contributed by atoms with Crippen LogP contribution in [-0.2, 0) is 41.3 Å². The van der Waals surface area contributed by atoms with Gasteiger partial charge in [0, 0.05) is 30.8 Å². The molecule has 0 saturated heterocycles. The number of rotatable bonds is 6. The second-order valence-electron chi connectivity index (χ2n) is 11.1. The number of nitrogens with zero attached hydrogens (tertiary/aromatic N) is 1. The van der Waals surface area contributed by atoms with E-state index in [2.05, 4.69) is 41.5 Å². The van der Waals surface area contributed by atoms with Crippen molar-refractivity contribution in [3.8, 4) is 5.75 Å². The Bertz CT molecular complexity index is 1100. The minimum Gasteiger partial charge on any atom is -2.00 e. The first-order valence-corrected chi connectivity index (χ1v) is 12.6. The third-order valence-electron chi connectivity index (χ3n) is 5.96. The molecule has 6 heteroatoms. The Balaban J connectivity index is 0.00000261. The first-order chi connectivity index (χ1) is 16.9. The van der Waals surface area contributed by atoms with Crippen LogP contribution in [0.3, 0.4) is 0 Å². The van der Waals surface area contributed by atoms with E-state index in [0.29, 0.717) is 17.5 Å². The molecule has 0 aromatic heterocycles. The smallest absolute Gasteiger partial charge is 0.0456 e. The average molecular weight is 554 g/mol. The van der Waals surface area contributed by atoms with E-state index < -0.39 is 12.1 Å². The molecular formula is C32H40NO4V-5. The van der Waals surface area contributed by atoms with E-state index in [1.807, 2.05) is 72.8 Å². The van der Waals surface area contributed by atoms with Gasteiger partial charge in [0.05, 0.1) is 0 Å². The summed E-state index contributed by atoms with van der Waals surface area (Å²) < 4.78 is 0. The van der Waals surface area contributed by atoms with E-state index in [4.69, 9.17) is 10.1 Å². The summed E-state index contributed by atoms with van der Waals surface area (Å²) in [6, 6.07) is 22.7. The Labute approximate surface area is 240 Å². The van der Waals surface area contributed by atoms with E-state index in [-0.39, 0.29) is 47.2 Å². The molecular weight excluding hydrogens is 513 g/mol. The quantitative estimate of drug-likeness (QED) is 0.412. The van der Waals surface area contributed by atoms with Gasteiger partial charge in [-0.3, -0.25) is 4.99 Å². The Morgan fingerprint density at radius 1 is 0.842 bits per heavy atom. The van der Waals surface area contributed by atoms with Crippen molar-refractivity contribution in [3.63, 3.8) is 0 Å². The van der Waals surface area contributed by atoms with Crippen LogP contribution in [0.4, 0.5) is 0 Å². The normalized spacial score (nSPS) is 13.0. The van der Waals surface area contributed by atoms with E-state index in [0.717, 1.165) is 16.7 Å². The first kappa shape index (κ1) is 35.6. The molecule has 1 radical (unpaired) electrons. The van der Waals surface area contributed by atoms with Crippen molar-refractivity contribution in [2.75, 3.05) is 6.61 Å². The molecule has 3 aromatic carbocycles. The summed E-state index contributed by atoms with van der Waals surface area (Å²) in [5.41, 5.74) is 3.79. The molecule has 0 fully saturated rings. The zero-order valence-corrected chi connectivity index (χ0v) is 25.0. The third kappa shape index (κ3) is 10.4. The van der Waals surface area contributed by atoms with Gasteiger partial charge in [-0.2, -0.15) is 0 Å². The summed E-state index contributed by atoms with van der Waals surface area (Å²) in [6.45, 7) is 14.2. The van der Waals surface area contributed by atoms with Crippen LogP contribution in [-0.4, -0.2) is 18.9 Å². The second kappa shape index (κ2) is 15.9. The maximum Gasteiger partial charge on any atom is 0.0456 e. The number of hydrogen-bond acceptors (Lipinski definition) is 4. The molecule has 2 atom stereocenters.